The van der Waals surface area contributed by atoms with E-state index in [-0.39, 0.29) is 11.7 Å². The Balaban J connectivity index is 1.79. The molecule has 0 amide bonds. The maximum Gasteiger partial charge on any atom is 0.340 e. The number of nitrogens with one attached hydrogen (secondary N) is 2. The molecule has 0 saturated carbocycles. The quantitative estimate of drug-likeness (QED) is 0.850. The SMILES string of the molecule is O=c1[nH]nc(CN2CCOC[C@@H]2c2ccccc2)[nH]1. The van der Waals surface area contributed by atoms with Crippen LogP contribution in [-0.2, 0) is 11.3 Å². The molecule has 2 aromatic rings. The lowest BCUT2D eigenvalue weighted by Gasteiger charge is -2.35. The fraction of sp³-hybridized carbons (Fsp3) is 0.385. The van der Waals surface area contributed by atoms with Gasteiger partial charge in [-0.2, -0.15) is 5.10 Å². The van der Waals surface area contributed by atoms with Gasteiger partial charge in [0.25, 0.3) is 0 Å². The lowest BCUT2D eigenvalue weighted by atomic mass is 10.1. The predicted octanol–water partition coefficient (Wildman–Crippen LogP) is 0.671. The second kappa shape index (κ2) is 5.38. The van der Waals surface area contributed by atoms with Gasteiger partial charge in [-0.25, -0.2) is 9.89 Å². The average Bonchev–Trinajstić information content (AvgIpc) is 2.86. The van der Waals surface area contributed by atoms with Gasteiger partial charge in [0.1, 0.15) is 5.82 Å². The van der Waals surface area contributed by atoms with Gasteiger partial charge in [0.2, 0.25) is 0 Å². The van der Waals surface area contributed by atoms with Gasteiger partial charge in [-0.15, -0.1) is 0 Å². The van der Waals surface area contributed by atoms with Crippen LogP contribution in [0.25, 0.3) is 0 Å². The van der Waals surface area contributed by atoms with Crippen LogP contribution in [0.5, 0.6) is 0 Å². The van der Waals surface area contributed by atoms with Crippen molar-refractivity contribution in [1.29, 1.82) is 0 Å². The van der Waals surface area contributed by atoms with Gasteiger partial charge < -0.3 is 4.74 Å². The van der Waals surface area contributed by atoms with E-state index in [2.05, 4.69) is 32.2 Å². The highest BCUT2D eigenvalue weighted by molar-refractivity contribution is 5.19. The van der Waals surface area contributed by atoms with E-state index in [1.54, 1.807) is 0 Å². The summed E-state index contributed by atoms with van der Waals surface area (Å²) in [6, 6.07) is 10.5. The predicted molar refractivity (Wildman–Crippen MR) is 69.6 cm³/mol. The molecule has 1 atom stereocenters. The maximum absolute atomic E-state index is 11.1. The molecule has 0 radical (unpaired) electrons. The fourth-order valence-electron chi connectivity index (χ4n) is 2.38. The van der Waals surface area contributed by atoms with Gasteiger partial charge in [-0.1, -0.05) is 30.3 Å². The standard InChI is InChI=1S/C13H16N4O2/c18-13-14-12(15-16-13)8-17-6-7-19-9-11(17)10-4-2-1-3-5-10/h1-5,11H,6-9H2,(H2,14,15,16,18)/t11-/m1/s1. The smallest absolute Gasteiger partial charge is 0.340 e. The molecule has 0 bridgehead atoms. The molecular formula is C13H16N4O2. The highest BCUT2D eigenvalue weighted by Crippen LogP contribution is 2.24. The van der Waals surface area contributed by atoms with Gasteiger partial charge in [0.15, 0.2) is 0 Å². The molecule has 1 aliphatic heterocycles. The molecule has 1 saturated heterocycles. The van der Waals surface area contributed by atoms with E-state index in [9.17, 15) is 4.79 Å². The van der Waals surface area contributed by atoms with E-state index < -0.39 is 0 Å². The second-order valence-corrected chi connectivity index (χ2v) is 4.60. The van der Waals surface area contributed by atoms with Gasteiger partial charge in [0.05, 0.1) is 25.8 Å². The van der Waals surface area contributed by atoms with Crippen LogP contribution in [-0.4, -0.2) is 39.8 Å². The number of aromatic nitrogens is 3. The summed E-state index contributed by atoms with van der Waals surface area (Å²) in [6.45, 7) is 2.81. The van der Waals surface area contributed by atoms with Crippen molar-refractivity contribution in [2.24, 2.45) is 0 Å². The first-order valence-electron chi connectivity index (χ1n) is 6.33. The lowest BCUT2D eigenvalue weighted by molar-refractivity contribution is -0.0138. The summed E-state index contributed by atoms with van der Waals surface area (Å²) in [5.41, 5.74) is 0.958. The first-order valence-corrected chi connectivity index (χ1v) is 6.33. The summed E-state index contributed by atoms with van der Waals surface area (Å²) in [5, 5.41) is 6.36. The third kappa shape index (κ3) is 2.74. The second-order valence-electron chi connectivity index (χ2n) is 4.60. The number of hydrogen-bond donors (Lipinski definition) is 2. The molecule has 0 aliphatic carbocycles. The zero-order valence-electron chi connectivity index (χ0n) is 10.5. The van der Waals surface area contributed by atoms with Crippen molar-refractivity contribution in [3.8, 4) is 0 Å². The summed E-state index contributed by atoms with van der Waals surface area (Å²) in [4.78, 5) is 16.0. The van der Waals surface area contributed by atoms with E-state index in [0.717, 1.165) is 6.54 Å². The number of ether oxygens (including phenoxy) is 1. The van der Waals surface area contributed by atoms with Gasteiger partial charge in [-0.05, 0) is 5.56 Å². The van der Waals surface area contributed by atoms with Crippen molar-refractivity contribution < 1.29 is 4.74 Å². The van der Waals surface area contributed by atoms with Crippen LogP contribution in [0.15, 0.2) is 35.1 Å². The van der Waals surface area contributed by atoms with Crippen molar-refractivity contribution in [2.45, 2.75) is 12.6 Å². The van der Waals surface area contributed by atoms with Crippen LogP contribution in [0.4, 0.5) is 0 Å². The number of morpholine rings is 1. The Morgan fingerprint density at radius 1 is 1.37 bits per heavy atom. The van der Waals surface area contributed by atoms with E-state index in [1.807, 2.05) is 18.2 Å². The Bertz CT molecular complexity index is 578. The highest BCUT2D eigenvalue weighted by Gasteiger charge is 2.25. The molecule has 3 rings (SSSR count). The summed E-state index contributed by atoms with van der Waals surface area (Å²) in [7, 11) is 0. The molecule has 2 heterocycles. The topological polar surface area (TPSA) is 74.0 Å². The van der Waals surface area contributed by atoms with Crippen LogP contribution in [0.1, 0.15) is 17.4 Å². The number of hydrogen-bond acceptors (Lipinski definition) is 4. The van der Waals surface area contributed by atoms with E-state index in [4.69, 9.17) is 4.74 Å². The number of nitrogens with zero attached hydrogens (tertiary/aromatic N) is 2. The minimum atomic E-state index is -0.264. The number of aromatic amines is 2. The minimum absolute atomic E-state index is 0.204. The summed E-state index contributed by atoms with van der Waals surface area (Å²) >= 11 is 0. The Labute approximate surface area is 110 Å². The highest BCUT2D eigenvalue weighted by atomic mass is 16.5. The monoisotopic (exact) mass is 260 g/mol. The number of H-pyrrole nitrogens is 2. The Morgan fingerprint density at radius 2 is 2.21 bits per heavy atom. The summed E-state index contributed by atoms with van der Waals surface area (Å²) < 4.78 is 5.57. The van der Waals surface area contributed by atoms with Gasteiger partial charge in [-0.3, -0.25) is 9.88 Å². The normalized spacial score (nSPS) is 20.5. The largest absolute Gasteiger partial charge is 0.378 e. The molecule has 1 aromatic carbocycles. The molecule has 19 heavy (non-hydrogen) atoms. The molecule has 6 heteroatoms. The number of benzene rings is 1. The zero-order valence-corrected chi connectivity index (χ0v) is 10.5. The zero-order chi connectivity index (χ0) is 13.1. The lowest BCUT2D eigenvalue weighted by Crippen LogP contribution is -2.39. The third-order valence-corrected chi connectivity index (χ3v) is 3.33. The molecule has 6 nitrogen and oxygen atoms in total. The molecule has 0 spiro atoms. The van der Waals surface area contributed by atoms with Gasteiger partial charge >= 0.3 is 5.69 Å². The molecule has 0 unspecified atom stereocenters. The maximum atomic E-state index is 11.1. The van der Waals surface area contributed by atoms with Crippen LogP contribution in [0.2, 0.25) is 0 Å². The van der Waals surface area contributed by atoms with Crippen molar-refractivity contribution >= 4 is 0 Å². The van der Waals surface area contributed by atoms with Crippen molar-refractivity contribution in [3.63, 3.8) is 0 Å². The average molecular weight is 260 g/mol. The van der Waals surface area contributed by atoms with Gasteiger partial charge in [0, 0.05) is 6.54 Å². The Hall–Kier alpha value is -1.92. The summed E-state index contributed by atoms with van der Waals surface area (Å²) in [5.74, 6) is 0.660. The summed E-state index contributed by atoms with van der Waals surface area (Å²) in [6.07, 6.45) is 0. The fourth-order valence-corrected chi connectivity index (χ4v) is 2.38. The molecule has 2 N–H and O–H groups in total. The minimum Gasteiger partial charge on any atom is -0.378 e. The van der Waals surface area contributed by atoms with E-state index in [0.29, 0.717) is 25.6 Å². The van der Waals surface area contributed by atoms with Crippen molar-refractivity contribution in [1.82, 2.24) is 20.1 Å². The van der Waals surface area contributed by atoms with Crippen molar-refractivity contribution in [3.05, 3.63) is 52.2 Å². The third-order valence-electron chi connectivity index (χ3n) is 3.33. The van der Waals surface area contributed by atoms with E-state index >= 15 is 0 Å². The van der Waals surface area contributed by atoms with Crippen LogP contribution in [0, 0.1) is 0 Å². The van der Waals surface area contributed by atoms with Crippen LogP contribution >= 0.6 is 0 Å². The Morgan fingerprint density at radius 3 is 2.95 bits per heavy atom. The van der Waals surface area contributed by atoms with Crippen LogP contribution < -0.4 is 5.69 Å². The molecule has 1 aliphatic rings. The van der Waals surface area contributed by atoms with Crippen molar-refractivity contribution in [2.75, 3.05) is 19.8 Å². The Kier molecular flexibility index (Phi) is 3.43. The molecule has 100 valence electrons. The molecule has 1 aromatic heterocycles. The number of rotatable bonds is 3. The molecule has 1 fully saturated rings. The van der Waals surface area contributed by atoms with Crippen LogP contribution in [0.3, 0.4) is 0 Å². The first kappa shape index (κ1) is 12.1. The molecular weight excluding hydrogens is 244 g/mol. The van der Waals surface area contributed by atoms with E-state index in [1.165, 1.54) is 5.56 Å². The first-order chi connectivity index (χ1) is 9.33.